The number of hydrogen-bond acceptors (Lipinski definition) is 2. The van der Waals surface area contributed by atoms with Gasteiger partial charge in [0.1, 0.15) is 0 Å². The van der Waals surface area contributed by atoms with Crippen molar-refractivity contribution in [2.45, 2.75) is 40.2 Å². The Labute approximate surface area is 99.4 Å². The van der Waals surface area contributed by atoms with Crippen molar-refractivity contribution < 1.29 is 4.79 Å². The number of rotatable bonds is 6. The summed E-state index contributed by atoms with van der Waals surface area (Å²) < 4.78 is 0. The third kappa shape index (κ3) is 5.77. The van der Waals surface area contributed by atoms with Crippen LogP contribution in [0.25, 0.3) is 0 Å². The van der Waals surface area contributed by atoms with E-state index in [1.54, 1.807) is 0 Å². The van der Waals surface area contributed by atoms with Crippen molar-refractivity contribution in [3.05, 3.63) is 0 Å². The summed E-state index contributed by atoms with van der Waals surface area (Å²) in [6.07, 6.45) is 5.48. The van der Waals surface area contributed by atoms with E-state index in [0.717, 1.165) is 13.1 Å². The van der Waals surface area contributed by atoms with Crippen molar-refractivity contribution >= 4 is 5.91 Å². The molecule has 3 heteroatoms. The summed E-state index contributed by atoms with van der Waals surface area (Å²) in [6, 6.07) is -0.553. The largest absolute Gasteiger partial charge is 0.341 e. The van der Waals surface area contributed by atoms with Gasteiger partial charge in [0.05, 0.1) is 6.04 Å². The highest BCUT2D eigenvalue weighted by Crippen LogP contribution is 2.06. The van der Waals surface area contributed by atoms with Crippen molar-refractivity contribution in [2.24, 2.45) is 17.6 Å². The Morgan fingerprint density at radius 3 is 2.00 bits per heavy atom. The standard InChI is InChI=1S/C13H24N2O/c1-6-7-12(14)13(16)15(8-10(2)3)9-11(4)5/h1,10-12H,7-9,14H2,2-5H3. The fraction of sp³-hybridized carbons (Fsp3) is 0.769. The highest BCUT2D eigenvalue weighted by molar-refractivity contribution is 5.82. The average molecular weight is 224 g/mol. The van der Waals surface area contributed by atoms with Crippen molar-refractivity contribution in [1.29, 1.82) is 0 Å². The Hall–Kier alpha value is -1.01. The number of nitrogens with zero attached hydrogens (tertiary/aromatic N) is 1. The third-order valence-electron chi connectivity index (χ3n) is 2.14. The van der Waals surface area contributed by atoms with Crippen LogP contribution in [0, 0.1) is 24.2 Å². The maximum Gasteiger partial charge on any atom is 0.240 e. The van der Waals surface area contributed by atoms with E-state index in [4.69, 9.17) is 12.2 Å². The van der Waals surface area contributed by atoms with Crippen LogP contribution < -0.4 is 5.73 Å². The highest BCUT2D eigenvalue weighted by Gasteiger charge is 2.21. The number of carbonyl (C=O) groups is 1. The molecule has 1 atom stereocenters. The molecule has 0 rings (SSSR count). The van der Waals surface area contributed by atoms with Crippen LogP contribution in [-0.4, -0.2) is 29.9 Å². The smallest absolute Gasteiger partial charge is 0.240 e. The van der Waals surface area contributed by atoms with Gasteiger partial charge in [-0.15, -0.1) is 12.3 Å². The van der Waals surface area contributed by atoms with Crippen LogP contribution >= 0.6 is 0 Å². The van der Waals surface area contributed by atoms with Crippen molar-refractivity contribution in [1.82, 2.24) is 4.90 Å². The van der Waals surface area contributed by atoms with E-state index in [-0.39, 0.29) is 5.91 Å². The second-order valence-corrected chi connectivity index (χ2v) is 5.05. The van der Waals surface area contributed by atoms with Crippen LogP contribution in [-0.2, 0) is 4.79 Å². The molecule has 0 aliphatic rings. The van der Waals surface area contributed by atoms with Gasteiger partial charge >= 0.3 is 0 Å². The van der Waals surface area contributed by atoms with Gasteiger partial charge in [0.15, 0.2) is 0 Å². The first-order valence-corrected chi connectivity index (χ1v) is 5.86. The highest BCUT2D eigenvalue weighted by atomic mass is 16.2. The summed E-state index contributed by atoms with van der Waals surface area (Å²) in [5, 5.41) is 0. The van der Waals surface area contributed by atoms with Gasteiger partial charge in [-0.1, -0.05) is 27.7 Å². The molecule has 16 heavy (non-hydrogen) atoms. The fourth-order valence-corrected chi connectivity index (χ4v) is 1.58. The molecule has 0 radical (unpaired) electrons. The third-order valence-corrected chi connectivity index (χ3v) is 2.14. The van der Waals surface area contributed by atoms with Crippen LogP contribution in [0.15, 0.2) is 0 Å². The van der Waals surface area contributed by atoms with Crippen molar-refractivity contribution in [2.75, 3.05) is 13.1 Å². The normalized spacial score (nSPS) is 12.6. The van der Waals surface area contributed by atoms with E-state index < -0.39 is 6.04 Å². The number of terminal acetylenes is 1. The molecule has 1 amide bonds. The molecule has 0 saturated heterocycles. The Balaban J connectivity index is 4.49. The zero-order valence-corrected chi connectivity index (χ0v) is 10.9. The lowest BCUT2D eigenvalue weighted by atomic mass is 10.1. The lowest BCUT2D eigenvalue weighted by molar-refractivity contribution is -0.133. The minimum atomic E-state index is -0.553. The molecule has 0 bridgehead atoms. The molecule has 0 aromatic rings. The second-order valence-electron chi connectivity index (χ2n) is 5.05. The van der Waals surface area contributed by atoms with Gasteiger partial charge in [0, 0.05) is 19.5 Å². The van der Waals surface area contributed by atoms with Crippen LogP contribution in [0.3, 0.4) is 0 Å². The van der Waals surface area contributed by atoms with E-state index in [2.05, 4.69) is 33.6 Å². The maximum absolute atomic E-state index is 12.0. The summed E-state index contributed by atoms with van der Waals surface area (Å²) in [4.78, 5) is 13.8. The molecule has 0 heterocycles. The molecule has 0 aliphatic carbocycles. The van der Waals surface area contributed by atoms with Crippen LogP contribution in [0.5, 0.6) is 0 Å². The van der Waals surface area contributed by atoms with Crippen LogP contribution in [0.4, 0.5) is 0 Å². The summed E-state index contributed by atoms with van der Waals surface area (Å²) in [5.41, 5.74) is 5.75. The lowest BCUT2D eigenvalue weighted by Crippen LogP contribution is -2.46. The zero-order chi connectivity index (χ0) is 12.7. The minimum Gasteiger partial charge on any atom is -0.341 e. The minimum absolute atomic E-state index is 0.0275. The van der Waals surface area contributed by atoms with E-state index >= 15 is 0 Å². The quantitative estimate of drug-likeness (QED) is 0.695. The number of nitrogens with two attached hydrogens (primary N) is 1. The van der Waals surface area contributed by atoms with Crippen LogP contribution in [0.2, 0.25) is 0 Å². The summed E-state index contributed by atoms with van der Waals surface area (Å²) in [5.74, 6) is 3.30. The molecule has 3 nitrogen and oxygen atoms in total. The fourth-order valence-electron chi connectivity index (χ4n) is 1.58. The molecular weight excluding hydrogens is 200 g/mol. The number of hydrogen-bond donors (Lipinski definition) is 1. The second kappa shape index (κ2) is 7.29. The van der Waals surface area contributed by atoms with E-state index in [0.29, 0.717) is 18.3 Å². The molecule has 0 fully saturated rings. The van der Waals surface area contributed by atoms with Crippen molar-refractivity contribution in [3.63, 3.8) is 0 Å². The van der Waals surface area contributed by atoms with Gasteiger partial charge in [0.25, 0.3) is 0 Å². The van der Waals surface area contributed by atoms with E-state index in [1.165, 1.54) is 0 Å². The predicted molar refractivity (Wildman–Crippen MR) is 67.7 cm³/mol. The van der Waals surface area contributed by atoms with Gasteiger partial charge in [-0.25, -0.2) is 0 Å². The summed E-state index contributed by atoms with van der Waals surface area (Å²) >= 11 is 0. The van der Waals surface area contributed by atoms with E-state index in [1.807, 2.05) is 4.90 Å². The molecule has 0 aliphatic heterocycles. The van der Waals surface area contributed by atoms with Gasteiger partial charge < -0.3 is 10.6 Å². The van der Waals surface area contributed by atoms with Crippen molar-refractivity contribution in [3.8, 4) is 12.3 Å². The maximum atomic E-state index is 12.0. The van der Waals surface area contributed by atoms with Gasteiger partial charge in [0.2, 0.25) is 5.91 Å². The average Bonchev–Trinajstić information content (AvgIpc) is 2.14. The first-order chi connectivity index (χ1) is 7.38. The van der Waals surface area contributed by atoms with E-state index in [9.17, 15) is 4.79 Å². The summed E-state index contributed by atoms with van der Waals surface area (Å²) in [7, 11) is 0. The Kier molecular flexibility index (Phi) is 6.83. The molecular formula is C13H24N2O. The first-order valence-electron chi connectivity index (χ1n) is 5.86. The molecule has 0 aromatic heterocycles. The number of amides is 1. The van der Waals surface area contributed by atoms with Crippen LogP contribution in [0.1, 0.15) is 34.1 Å². The Morgan fingerprint density at radius 2 is 1.69 bits per heavy atom. The number of carbonyl (C=O) groups excluding carboxylic acids is 1. The summed E-state index contributed by atoms with van der Waals surface area (Å²) in [6.45, 7) is 9.85. The monoisotopic (exact) mass is 224 g/mol. The topological polar surface area (TPSA) is 46.3 Å². The Morgan fingerprint density at radius 1 is 1.25 bits per heavy atom. The molecule has 0 saturated carbocycles. The first kappa shape index (κ1) is 15.0. The van der Waals surface area contributed by atoms with Gasteiger partial charge in [-0.3, -0.25) is 4.79 Å². The van der Waals surface area contributed by atoms with Gasteiger partial charge in [-0.05, 0) is 11.8 Å². The molecule has 92 valence electrons. The molecule has 0 spiro atoms. The molecule has 0 aromatic carbocycles. The molecule has 2 N–H and O–H groups in total. The van der Waals surface area contributed by atoms with Gasteiger partial charge in [-0.2, -0.15) is 0 Å². The molecule has 1 unspecified atom stereocenters. The lowest BCUT2D eigenvalue weighted by Gasteiger charge is -2.28. The predicted octanol–water partition coefficient (Wildman–Crippen LogP) is 1.48. The SMILES string of the molecule is C#CCC(N)C(=O)N(CC(C)C)CC(C)C. The Bertz CT molecular complexity index is 243. The zero-order valence-electron chi connectivity index (χ0n) is 10.9.